The fraction of sp³-hybridized carbons (Fsp3) is 0.312. The van der Waals surface area contributed by atoms with Crippen LogP contribution < -0.4 is 10.5 Å². The molecule has 3 N–H and O–H groups in total. The van der Waals surface area contributed by atoms with Gasteiger partial charge in [-0.1, -0.05) is 12.1 Å². The average molecular weight is 365 g/mol. The number of hydrogen-bond acceptors (Lipinski definition) is 5. The monoisotopic (exact) mass is 365 g/mol. The van der Waals surface area contributed by atoms with Crippen LogP contribution in [0.15, 0.2) is 46.0 Å². The lowest BCUT2D eigenvalue weighted by Crippen LogP contribution is -2.46. The van der Waals surface area contributed by atoms with E-state index in [1.807, 2.05) is 0 Å². The molecule has 1 saturated heterocycles. The zero-order valence-corrected chi connectivity index (χ0v) is 14.6. The molecular weight excluding hydrogens is 346 g/mol. The summed E-state index contributed by atoms with van der Waals surface area (Å²) >= 11 is 1.20. The molecule has 1 amide bonds. The van der Waals surface area contributed by atoms with Crippen molar-refractivity contribution in [1.29, 1.82) is 0 Å². The van der Waals surface area contributed by atoms with Crippen molar-refractivity contribution in [3.63, 3.8) is 0 Å². The second-order valence-corrected chi connectivity index (χ2v) is 8.63. The molecule has 128 valence electrons. The van der Waals surface area contributed by atoms with Gasteiger partial charge in [0.2, 0.25) is 10.0 Å². The molecule has 1 aliphatic heterocycles. The number of carbonyl (C=O) groups is 1. The Balaban J connectivity index is 1.59. The summed E-state index contributed by atoms with van der Waals surface area (Å²) in [5, 5.41) is 1.74. The van der Waals surface area contributed by atoms with E-state index < -0.39 is 10.0 Å². The number of benzene rings is 1. The van der Waals surface area contributed by atoms with Gasteiger partial charge in [-0.25, -0.2) is 13.1 Å². The summed E-state index contributed by atoms with van der Waals surface area (Å²) in [6.07, 6.45) is 1.19. The van der Waals surface area contributed by atoms with Crippen LogP contribution in [0.4, 0.5) is 5.69 Å². The molecular formula is C16H19N3O3S2. The third kappa shape index (κ3) is 3.77. The van der Waals surface area contributed by atoms with Crippen molar-refractivity contribution in [1.82, 2.24) is 9.62 Å². The van der Waals surface area contributed by atoms with Crippen molar-refractivity contribution >= 4 is 33.0 Å². The molecule has 1 aromatic carbocycles. The van der Waals surface area contributed by atoms with Crippen LogP contribution >= 0.6 is 11.3 Å². The van der Waals surface area contributed by atoms with E-state index in [2.05, 4.69) is 4.72 Å². The molecule has 2 heterocycles. The molecule has 0 atom stereocenters. The van der Waals surface area contributed by atoms with Crippen LogP contribution in [0.2, 0.25) is 0 Å². The number of nitrogen functional groups attached to an aromatic ring is 1. The zero-order valence-electron chi connectivity index (χ0n) is 13.0. The van der Waals surface area contributed by atoms with Gasteiger partial charge in [-0.2, -0.15) is 0 Å². The summed E-state index contributed by atoms with van der Waals surface area (Å²) in [5.74, 6) is -0.0677. The number of thiophene rings is 1. The maximum Gasteiger partial charge on any atom is 0.253 e. The van der Waals surface area contributed by atoms with Crippen LogP contribution in [-0.2, 0) is 10.0 Å². The van der Waals surface area contributed by atoms with Gasteiger partial charge >= 0.3 is 0 Å². The number of anilines is 1. The van der Waals surface area contributed by atoms with Gasteiger partial charge in [0.25, 0.3) is 5.91 Å². The Morgan fingerprint density at radius 2 is 1.96 bits per heavy atom. The summed E-state index contributed by atoms with van der Waals surface area (Å²) in [5.41, 5.74) is 6.83. The number of likely N-dealkylation sites (tertiary alicyclic amines) is 1. The second-order valence-electron chi connectivity index (χ2n) is 5.75. The first kappa shape index (κ1) is 16.9. The minimum Gasteiger partial charge on any atom is -0.399 e. The fourth-order valence-electron chi connectivity index (χ4n) is 2.75. The van der Waals surface area contributed by atoms with Crippen molar-refractivity contribution in [2.24, 2.45) is 0 Å². The normalized spacial score (nSPS) is 16.2. The molecule has 1 aromatic heterocycles. The Labute approximate surface area is 145 Å². The Bertz CT molecular complexity index is 811. The molecule has 1 fully saturated rings. The number of nitrogens with zero attached hydrogens (tertiary/aromatic N) is 1. The maximum absolute atomic E-state index is 12.5. The lowest BCUT2D eigenvalue weighted by Gasteiger charge is -2.32. The molecule has 2 aromatic rings. The molecule has 0 unspecified atom stereocenters. The van der Waals surface area contributed by atoms with E-state index in [0.29, 0.717) is 41.4 Å². The summed E-state index contributed by atoms with van der Waals surface area (Å²) in [4.78, 5) is 14.2. The van der Waals surface area contributed by atoms with Gasteiger partial charge < -0.3 is 10.6 Å². The van der Waals surface area contributed by atoms with Gasteiger partial charge in [-0.15, -0.1) is 11.3 Å². The van der Waals surface area contributed by atoms with E-state index in [9.17, 15) is 13.2 Å². The Hall–Kier alpha value is -1.90. The van der Waals surface area contributed by atoms with E-state index in [-0.39, 0.29) is 11.9 Å². The number of amides is 1. The highest BCUT2D eigenvalue weighted by Gasteiger charge is 2.27. The van der Waals surface area contributed by atoms with Crippen molar-refractivity contribution < 1.29 is 13.2 Å². The number of rotatable bonds is 4. The highest BCUT2D eigenvalue weighted by Crippen LogP contribution is 2.20. The van der Waals surface area contributed by atoms with E-state index in [1.54, 1.807) is 46.7 Å². The number of hydrogen-bond donors (Lipinski definition) is 2. The molecule has 0 bridgehead atoms. The molecule has 1 aliphatic rings. The molecule has 0 spiro atoms. The molecule has 0 aliphatic carbocycles. The smallest absolute Gasteiger partial charge is 0.253 e. The summed E-state index contributed by atoms with van der Waals surface area (Å²) in [7, 11) is -3.46. The first-order chi connectivity index (χ1) is 11.5. The number of carbonyl (C=O) groups excluding carboxylic acids is 1. The van der Waals surface area contributed by atoms with Crippen LogP contribution in [0.3, 0.4) is 0 Å². The van der Waals surface area contributed by atoms with Crippen molar-refractivity contribution in [2.75, 3.05) is 18.8 Å². The summed E-state index contributed by atoms with van der Waals surface area (Å²) < 4.78 is 27.5. The summed E-state index contributed by atoms with van der Waals surface area (Å²) in [6.45, 7) is 1.04. The molecule has 0 radical (unpaired) electrons. The highest BCUT2D eigenvalue weighted by atomic mass is 32.2. The lowest BCUT2D eigenvalue weighted by atomic mass is 10.0. The quantitative estimate of drug-likeness (QED) is 0.810. The lowest BCUT2D eigenvalue weighted by molar-refractivity contribution is 0.0711. The Morgan fingerprint density at radius 1 is 1.21 bits per heavy atom. The number of piperidine rings is 1. The van der Waals surface area contributed by atoms with Crippen LogP contribution in [0, 0.1) is 0 Å². The number of nitrogens with two attached hydrogens (primary N) is 1. The van der Waals surface area contributed by atoms with E-state index in [0.717, 1.165) is 0 Å². The van der Waals surface area contributed by atoms with Crippen LogP contribution in [0.5, 0.6) is 0 Å². The first-order valence-electron chi connectivity index (χ1n) is 7.66. The van der Waals surface area contributed by atoms with E-state index >= 15 is 0 Å². The second kappa shape index (κ2) is 6.92. The van der Waals surface area contributed by atoms with Gasteiger partial charge in [-0.05, 0) is 42.5 Å². The first-order valence-corrected chi connectivity index (χ1v) is 10.0. The van der Waals surface area contributed by atoms with Gasteiger partial charge in [0, 0.05) is 30.4 Å². The van der Waals surface area contributed by atoms with E-state index in [4.69, 9.17) is 5.73 Å². The van der Waals surface area contributed by atoms with Gasteiger partial charge in [-0.3, -0.25) is 4.79 Å². The minimum atomic E-state index is -3.46. The maximum atomic E-state index is 12.5. The van der Waals surface area contributed by atoms with Crippen molar-refractivity contribution in [2.45, 2.75) is 23.1 Å². The SMILES string of the molecule is Nc1cccc(C(=O)N2CCC(NS(=O)(=O)c3cccs3)CC2)c1. The Morgan fingerprint density at radius 3 is 2.58 bits per heavy atom. The topological polar surface area (TPSA) is 92.5 Å². The molecule has 24 heavy (non-hydrogen) atoms. The van der Waals surface area contributed by atoms with Gasteiger partial charge in [0.05, 0.1) is 0 Å². The molecule has 8 heteroatoms. The van der Waals surface area contributed by atoms with Crippen molar-refractivity contribution in [3.8, 4) is 0 Å². The van der Waals surface area contributed by atoms with Crippen LogP contribution in [-0.4, -0.2) is 38.4 Å². The molecule has 6 nitrogen and oxygen atoms in total. The summed E-state index contributed by atoms with van der Waals surface area (Å²) in [6, 6.07) is 10.0. The predicted octanol–water partition coefficient (Wildman–Crippen LogP) is 1.91. The third-order valence-electron chi connectivity index (χ3n) is 4.00. The largest absolute Gasteiger partial charge is 0.399 e. The minimum absolute atomic E-state index is 0.0677. The Kier molecular flexibility index (Phi) is 4.88. The van der Waals surface area contributed by atoms with Gasteiger partial charge in [0.1, 0.15) is 4.21 Å². The molecule has 0 saturated carbocycles. The zero-order chi connectivity index (χ0) is 17.2. The van der Waals surface area contributed by atoms with Crippen LogP contribution in [0.1, 0.15) is 23.2 Å². The standard InChI is InChI=1S/C16H19N3O3S2/c17-13-4-1-3-12(11-13)16(20)19-8-6-14(7-9-19)18-24(21,22)15-5-2-10-23-15/h1-5,10-11,14,18H,6-9,17H2. The van der Waals surface area contributed by atoms with E-state index in [1.165, 1.54) is 11.3 Å². The predicted molar refractivity (Wildman–Crippen MR) is 94.4 cm³/mol. The fourth-order valence-corrected chi connectivity index (χ4v) is 5.06. The molecule has 3 rings (SSSR count). The third-order valence-corrected chi connectivity index (χ3v) is 6.92. The van der Waals surface area contributed by atoms with Gasteiger partial charge in [0.15, 0.2) is 0 Å². The van der Waals surface area contributed by atoms with Crippen molar-refractivity contribution in [3.05, 3.63) is 47.3 Å². The highest BCUT2D eigenvalue weighted by molar-refractivity contribution is 7.91. The average Bonchev–Trinajstić information content (AvgIpc) is 3.10. The number of nitrogens with one attached hydrogen (secondary N) is 1. The number of sulfonamides is 1. The van der Waals surface area contributed by atoms with Crippen LogP contribution in [0.25, 0.3) is 0 Å².